The van der Waals surface area contributed by atoms with Gasteiger partial charge in [-0.1, -0.05) is 24.3 Å². The fourth-order valence-corrected chi connectivity index (χ4v) is 1.68. The highest BCUT2D eigenvalue weighted by Gasteiger charge is 2.03. The van der Waals surface area contributed by atoms with Gasteiger partial charge in [-0.05, 0) is 28.8 Å². The van der Waals surface area contributed by atoms with Crippen molar-refractivity contribution in [2.75, 3.05) is 0 Å². The van der Waals surface area contributed by atoms with Crippen molar-refractivity contribution in [2.45, 2.75) is 5.88 Å². The zero-order chi connectivity index (χ0) is 11.5. The molecular formula is C13H9ClF2. The van der Waals surface area contributed by atoms with Gasteiger partial charge in [-0.25, -0.2) is 8.78 Å². The Balaban J connectivity index is 2.42. The molecule has 16 heavy (non-hydrogen) atoms. The van der Waals surface area contributed by atoms with E-state index in [0.29, 0.717) is 11.4 Å². The van der Waals surface area contributed by atoms with Crippen LogP contribution in [-0.2, 0) is 5.88 Å². The van der Waals surface area contributed by atoms with Gasteiger partial charge in [0.2, 0.25) is 0 Å². The van der Waals surface area contributed by atoms with Gasteiger partial charge in [0.05, 0.1) is 0 Å². The summed E-state index contributed by atoms with van der Waals surface area (Å²) in [6, 6.07) is 10.7. The summed E-state index contributed by atoms with van der Waals surface area (Å²) in [5.41, 5.74) is 2.27. The van der Waals surface area contributed by atoms with Crippen LogP contribution in [0.15, 0.2) is 42.5 Å². The monoisotopic (exact) mass is 238 g/mol. The minimum Gasteiger partial charge on any atom is -0.207 e. The minimum absolute atomic E-state index is 0.428. The number of halogens is 3. The van der Waals surface area contributed by atoms with Gasteiger partial charge in [0.1, 0.15) is 11.6 Å². The molecule has 2 rings (SSSR count). The molecule has 0 spiro atoms. The lowest BCUT2D eigenvalue weighted by molar-refractivity contribution is 0.584. The molecule has 0 nitrogen and oxygen atoms in total. The quantitative estimate of drug-likeness (QED) is 0.682. The molecule has 0 saturated carbocycles. The van der Waals surface area contributed by atoms with E-state index in [1.807, 2.05) is 12.1 Å². The van der Waals surface area contributed by atoms with Gasteiger partial charge in [-0.3, -0.25) is 0 Å². The van der Waals surface area contributed by atoms with Gasteiger partial charge >= 0.3 is 0 Å². The van der Waals surface area contributed by atoms with E-state index in [4.69, 9.17) is 11.6 Å². The van der Waals surface area contributed by atoms with Crippen molar-refractivity contribution in [3.63, 3.8) is 0 Å². The van der Waals surface area contributed by atoms with Crippen LogP contribution in [0.2, 0.25) is 0 Å². The molecule has 0 aliphatic rings. The fourth-order valence-electron chi connectivity index (χ4n) is 1.51. The third kappa shape index (κ3) is 2.39. The van der Waals surface area contributed by atoms with Crippen LogP contribution in [0.25, 0.3) is 11.1 Å². The van der Waals surface area contributed by atoms with Crippen molar-refractivity contribution in [3.05, 3.63) is 59.7 Å². The third-order valence-electron chi connectivity index (χ3n) is 2.30. The van der Waals surface area contributed by atoms with Crippen molar-refractivity contribution < 1.29 is 8.78 Å². The number of rotatable bonds is 2. The molecule has 2 aromatic rings. The molecule has 0 radical (unpaired) electrons. The normalized spacial score (nSPS) is 10.4. The Bertz CT molecular complexity index is 472. The van der Waals surface area contributed by atoms with Crippen molar-refractivity contribution in [3.8, 4) is 11.1 Å². The van der Waals surface area contributed by atoms with Crippen LogP contribution < -0.4 is 0 Å². The van der Waals surface area contributed by atoms with E-state index in [0.717, 1.165) is 17.2 Å². The molecule has 3 heteroatoms. The smallest absolute Gasteiger partial charge is 0.126 e. The molecule has 0 aliphatic heterocycles. The van der Waals surface area contributed by atoms with Crippen LogP contribution in [0.5, 0.6) is 0 Å². The Morgan fingerprint density at radius 2 is 1.38 bits per heavy atom. The second-order valence-electron chi connectivity index (χ2n) is 3.49. The van der Waals surface area contributed by atoms with Gasteiger partial charge in [0, 0.05) is 11.9 Å². The molecule has 0 bridgehead atoms. The van der Waals surface area contributed by atoms with Crippen molar-refractivity contribution in [1.82, 2.24) is 0 Å². The highest BCUT2D eigenvalue weighted by molar-refractivity contribution is 6.17. The first-order valence-electron chi connectivity index (χ1n) is 4.80. The summed E-state index contributed by atoms with van der Waals surface area (Å²) in [7, 11) is 0. The van der Waals surface area contributed by atoms with Crippen LogP contribution >= 0.6 is 11.6 Å². The van der Waals surface area contributed by atoms with Crippen LogP contribution in [0, 0.1) is 11.6 Å². The van der Waals surface area contributed by atoms with E-state index in [1.165, 1.54) is 12.1 Å². The zero-order valence-electron chi connectivity index (χ0n) is 8.38. The molecule has 0 aromatic heterocycles. The second kappa shape index (κ2) is 4.62. The topological polar surface area (TPSA) is 0 Å². The van der Waals surface area contributed by atoms with Gasteiger partial charge in [-0.15, -0.1) is 11.6 Å². The largest absolute Gasteiger partial charge is 0.207 e. The number of benzene rings is 2. The molecular weight excluding hydrogens is 230 g/mol. The Morgan fingerprint density at radius 3 is 1.88 bits per heavy atom. The molecule has 0 aliphatic carbocycles. The Morgan fingerprint density at radius 1 is 0.812 bits per heavy atom. The molecule has 0 atom stereocenters. The average molecular weight is 239 g/mol. The van der Waals surface area contributed by atoms with Crippen LogP contribution in [0.3, 0.4) is 0 Å². The summed E-state index contributed by atoms with van der Waals surface area (Å²) in [5.74, 6) is -0.717. The number of hydrogen-bond donors (Lipinski definition) is 0. The van der Waals surface area contributed by atoms with E-state index in [2.05, 4.69) is 0 Å². The van der Waals surface area contributed by atoms with Crippen molar-refractivity contribution >= 4 is 11.6 Å². The summed E-state index contributed by atoms with van der Waals surface area (Å²) < 4.78 is 26.0. The lowest BCUT2D eigenvalue weighted by Crippen LogP contribution is -1.85. The average Bonchev–Trinajstić information content (AvgIpc) is 2.28. The number of hydrogen-bond acceptors (Lipinski definition) is 0. The maximum atomic E-state index is 13.0. The number of alkyl halides is 1. The summed E-state index contributed by atoms with van der Waals surface area (Å²) in [4.78, 5) is 0. The summed E-state index contributed by atoms with van der Waals surface area (Å²) in [6.07, 6.45) is 0. The predicted octanol–water partition coefficient (Wildman–Crippen LogP) is 4.37. The van der Waals surface area contributed by atoms with Crippen LogP contribution in [0.4, 0.5) is 8.78 Å². The minimum atomic E-state index is -0.573. The zero-order valence-corrected chi connectivity index (χ0v) is 9.14. The molecule has 0 saturated heterocycles. The lowest BCUT2D eigenvalue weighted by Gasteiger charge is -2.03. The predicted molar refractivity (Wildman–Crippen MR) is 61.4 cm³/mol. The Labute approximate surface area is 97.5 Å². The van der Waals surface area contributed by atoms with Crippen molar-refractivity contribution in [1.29, 1.82) is 0 Å². The van der Waals surface area contributed by atoms with Crippen LogP contribution in [0.1, 0.15) is 5.56 Å². The molecule has 82 valence electrons. The second-order valence-corrected chi connectivity index (χ2v) is 3.76. The lowest BCUT2D eigenvalue weighted by atomic mass is 10.0. The van der Waals surface area contributed by atoms with E-state index >= 15 is 0 Å². The van der Waals surface area contributed by atoms with Gasteiger partial charge in [0.15, 0.2) is 0 Å². The molecule has 0 heterocycles. The molecule has 0 N–H and O–H groups in total. The SMILES string of the molecule is Fc1cc(F)cc(-c2ccc(CCl)cc2)c1. The summed E-state index contributed by atoms with van der Waals surface area (Å²) in [5, 5.41) is 0. The Kier molecular flexibility index (Phi) is 3.20. The molecule has 0 amide bonds. The summed E-state index contributed by atoms with van der Waals surface area (Å²) >= 11 is 5.66. The highest BCUT2D eigenvalue weighted by atomic mass is 35.5. The first-order valence-corrected chi connectivity index (χ1v) is 5.34. The molecule has 2 aromatic carbocycles. The third-order valence-corrected chi connectivity index (χ3v) is 2.61. The van der Waals surface area contributed by atoms with E-state index in [1.54, 1.807) is 12.1 Å². The first kappa shape index (κ1) is 11.1. The van der Waals surface area contributed by atoms with E-state index in [-0.39, 0.29) is 0 Å². The van der Waals surface area contributed by atoms with Gasteiger partial charge in [-0.2, -0.15) is 0 Å². The highest BCUT2D eigenvalue weighted by Crippen LogP contribution is 2.22. The maximum Gasteiger partial charge on any atom is 0.126 e. The Hall–Kier alpha value is -1.41. The van der Waals surface area contributed by atoms with Crippen LogP contribution in [-0.4, -0.2) is 0 Å². The maximum absolute atomic E-state index is 13.0. The van der Waals surface area contributed by atoms with Gasteiger partial charge in [0.25, 0.3) is 0 Å². The summed E-state index contributed by atoms with van der Waals surface area (Å²) in [6.45, 7) is 0. The fraction of sp³-hybridized carbons (Fsp3) is 0.0769. The van der Waals surface area contributed by atoms with Gasteiger partial charge < -0.3 is 0 Å². The molecule has 0 unspecified atom stereocenters. The van der Waals surface area contributed by atoms with E-state index < -0.39 is 11.6 Å². The molecule has 0 fully saturated rings. The van der Waals surface area contributed by atoms with Crippen molar-refractivity contribution in [2.24, 2.45) is 0 Å². The first-order chi connectivity index (χ1) is 7.69. The van der Waals surface area contributed by atoms with E-state index in [9.17, 15) is 8.78 Å². The standard InChI is InChI=1S/C13H9ClF2/c14-8-9-1-3-10(4-2-9)11-5-12(15)7-13(16)6-11/h1-7H,8H2.